The number of aliphatic carboxylic acids is 1. The van der Waals surface area contributed by atoms with E-state index in [0.717, 1.165) is 5.56 Å². The van der Waals surface area contributed by atoms with E-state index in [-0.39, 0.29) is 31.6 Å². The molecule has 0 saturated carbocycles. The van der Waals surface area contributed by atoms with E-state index in [1.165, 1.54) is 6.92 Å². The smallest absolute Gasteiger partial charge is 0.326 e. The predicted molar refractivity (Wildman–Crippen MR) is 125 cm³/mol. The van der Waals surface area contributed by atoms with Gasteiger partial charge in [-0.1, -0.05) is 44.2 Å². The summed E-state index contributed by atoms with van der Waals surface area (Å²) in [6.45, 7) is 5.03. The third-order valence-electron chi connectivity index (χ3n) is 5.02. The maximum atomic E-state index is 12.7. The zero-order valence-corrected chi connectivity index (χ0v) is 19.7. The van der Waals surface area contributed by atoms with Crippen LogP contribution in [0.1, 0.15) is 45.6 Å². The number of nitrogens with two attached hydrogens (primary N) is 2. The van der Waals surface area contributed by atoms with Crippen molar-refractivity contribution in [3.63, 3.8) is 0 Å². The van der Waals surface area contributed by atoms with Crippen LogP contribution in [0.2, 0.25) is 0 Å². The molecule has 34 heavy (non-hydrogen) atoms. The first-order valence-electron chi connectivity index (χ1n) is 11.1. The van der Waals surface area contributed by atoms with E-state index in [4.69, 9.17) is 11.5 Å². The van der Waals surface area contributed by atoms with Gasteiger partial charge < -0.3 is 32.5 Å². The minimum Gasteiger partial charge on any atom is -0.480 e. The number of nitrogens with one attached hydrogen (secondary N) is 3. The number of carbonyl (C=O) groups excluding carboxylic acids is 4. The van der Waals surface area contributed by atoms with Crippen molar-refractivity contribution in [2.45, 2.75) is 70.6 Å². The largest absolute Gasteiger partial charge is 0.480 e. The molecular formula is C23H35N5O6. The molecule has 0 aliphatic rings. The SMILES string of the molecule is CC(C)CC(NC(=O)C(CCC(N)=O)NC(=O)C(C)NC(=O)C(N)Cc1ccccc1)C(=O)O. The van der Waals surface area contributed by atoms with Gasteiger partial charge in [-0.05, 0) is 37.7 Å². The Morgan fingerprint density at radius 2 is 1.47 bits per heavy atom. The standard InChI is InChI=1S/C23H35N5O6/c1-13(2)11-18(23(33)34)28-22(32)17(9-10-19(25)29)27-20(30)14(3)26-21(31)16(24)12-15-7-5-4-6-8-15/h4-8,13-14,16-18H,9-12,24H2,1-3H3,(H2,25,29)(H,26,31)(H,27,30)(H,28,32)(H,33,34). The molecule has 188 valence electrons. The van der Waals surface area contributed by atoms with E-state index in [1.54, 1.807) is 13.8 Å². The molecule has 0 aliphatic heterocycles. The molecule has 11 heteroatoms. The van der Waals surface area contributed by atoms with Crippen molar-refractivity contribution in [3.05, 3.63) is 35.9 Å². The Morgan fingerprint density at radius 3 is 2.00 bits per heavy atom. The first-order chi connectivity index (χ1) is 15.9. The summed E-state index contributed by atoms with van der Waals surface area (Å²) in [7, 11) is 0. The Bertz CT molecular complexity index is 861. The van der Waals surface area contributed by atoms with Crippen molar-refractivity contribution >= 4 is 29.6 Å². The normalized spacial score (nSPS) is 14.4. The summed E-state index contributed by atoms with van der Waals surface area (Å²) >= 11 is 0. The van der Waals surface area contributed by atoms with Crippen LogP contribution in [0.15, 0.2) is 30.3 Å². The maximum Gasteiger partial charge on any atom is 0.326 e. The van der Waals surface area contributed by atoms with Gasteiger partial charge in [0.15, 0.2) is 0 Å². The molecule has 4 amide bonds. The minimum absolute atomic E-state index is 0.00427. The Labute approximate surface area is 199 Å². The van der Waals surface area contributed by atoms with Crippen LogP contribution in [0.25, 0.3) is 0 Å². The van der Waals surface area contributed by atoms with Gasteiger partial charge >= 0.3 is 5.97 Å². The minimum atomic E-state index is -1.22. The Kier molecular flexibility index (Phi) is 11.7. The summed E-state index contributed by atoms with van der Waals surface area (Å²) in [6.07, 6.45) is 0.124. The number of carbonyl (C=O) groups is 5. The summed E-state index contributed by atoms with van der Waals surface area (Å²) in [5.74, 6) is -3.90. The fraction of sp³-hybridized carbons (Fsp3) is 0.522. The first-order valence-corrected chi connectivity index (χ1v) is 11.1. The second-order valence-electron chi connectivity index (χ2n) is 8.62. The van der Waals surface area contributed by atoms with E-state index in [9.17, 15) is 29.1 Å². The summed E-state index contributed by atoms with van der Waals surface area (Å²) in [6, 6.07) is 4.84. The summed E-state index contributed by atoms with van der Waals surface area (Å²) in [5.41, 5.74) is 12.0. The highest BCUT2D eigenvalue weighted by Crippen LogP contribution is 2.07. The second kappa shape index (κ2) is 13.9. The van der Waals surface area contributed by atoms with E-state index in [2.05, 4.69) is 16.0 Å². The van der Waals surface area contributed by atoms with Crippen molar-refractivity contribution in [2.75, 3.05) is 0 Å². The number of hydrogen-bond donors (Lipinski definition) is 6. The van der Waals surface area contributed by atoms with Gasteiger partial charge in [0, 0.05) is 6.42 Å². The molecule has 0 aromatic heterocycles. The molecule has 0 aliphatic carbocycles. The van der Waals surface area contributed by atoms with Gasteiger partial charge in [-0.3, -0.25) is 19.2 Å². The van der Waals surface area contributed by atoms with Gasteiger partial charge in [0.25, 0.3) is 0 Å². The Morgan fingerprint density at radius 1 is 0.882 bits per heavy atom. The highest BCUT2D eigenvalue weighted by molar-refractivity contribution is 5.94. The van der Waals surface area contributed by atoms with Crippen LogP contribution in [0.3, 0.4) is 0 Å². The van der Waals surface area contributed by atoms with Gasteiger partial charge in [0.1, 0.15) is 18.1 Å². The van der Waals surface area contributed by atoms with Crippen molar-refractivity contribution < 1.29 is 29.1 Å². The number of amides is 4. The van der Waals surface area contributed by atoms with E-state index in [0.29, 0.717) is 0 Å². The lowest BCUT2D eigenvalue weighted by atomic mass is 10.0. The van der Waals surface area contributed by atoms with Crippen LogP contribution in [0.5, 0.6) is 0 Å². The molecule has 0 spiro atoms. The molecule has 1 aromatic rings. The van der Waals surface area contributed by atoms with Gasteiger partial charge in [0.2, 0.25) is 23.6 Å². The summed E-state index contributed by atoms with van der Waals surface area (Å²) in [4.78, 5) is 60.4. The average Bonchev–Trinajstić information content (AvgIpc) is 2.75. The van der Waals surface area contributed by atoms with Crippen molar-refractivity contribution in [1.82, 2.24) is 16.0 Å². The molecule has 1 aromatic carbocycles. The van der Waals surface area contributed by atoms with Crippen LogP contribution < -0.4 is 27.4 Å². The molecule has 4 atom stereocenters. The van der Waals surface area contributed by atoms with Crippen molar-refractivity contribution in [1.29, 1.82) is 0 Å². The molecule has 0 fully saturated rings. The molecule has 11 nitrogen and oxygen atoms in total. The third-order valence-corrected chi connectivity index (χ3v) is 5.02. The van der Waals surface area contributed by atoms with Crippen LogP contribution in [0, 0.1) is 5.92 Å². The highest BCUT2D eigenvalue weighted by atomic mass is 16.4. The Balaban J connectivity index is 2.78. The van der Waals surface area contributed by atoms with Crippen LogP contribution in [-0.4, -0.2) is 58.9 Å². The fourth-order valence-corrected chi connectivity index (χ4v) is 3.16. The van der Waals surface area contributed by atoms with Crippen LogP contribution in [0.4, 0.5) is 0 Å². The summed E-state index contributed by atoms with van der Waals surface area (Å²) in [5, 5.41) is 16.7. The molecule has 4 unspecified atom stereocenters. The lowest BCUT2D eigenvalue weighted by Crippen LogP contribution is -2.56. The maximum absolute atomic E-state index is 12.7. The van der Waals surface area contributed by atoms with E-state index >= 15 is 0 Å². The lowest BCUT2D eigenvalue weighted by molar-refractivity contribution is -0.143. The predicted octanol–water partition coefficient (Wildman–Crippen LogP) is -0.573. The number of carboxylic acid groups (broad SMARTS) is 1. The number of rotatable bonds is 14. The zero-order chi connectivity index (χ0) is 25.8. The first kappa shape index (κ1) is 28.6. The number of benzene rings is 1. The van der Waals surface area contributed by atoms with Gasteiger partial charge in [-0.25, -0.2) is 4.79 Å². The lowest BCUT2D eigenvalue weighted by Gasteiger charge is -2.24. The molecule has 1 rings (SSSR count). The van der Waals surface area contributed by atoms with Crippen molar-refractivity contribution in [2.24, 2.45) is 17.4 Å². The highest BCUT2D eigenvalue weighted by Gasteiger charge is 2.29. The van der Waals surface area contributed by atoms with Gasteiger partial charge in [-0.15, -0.1) is 0 Å². The second-order valence-corrected chi connectivity index (χ2v) is 8.62. The summed E-state index contributed by atoms with van der Waals surface area (Å²) < 4.78 is 0. The molecule has 0 radical (unpaired) electrons. The topological polar surface area (TPSA) is 194 Å². The average molecular weight is 478 g/mol. The molecule has 8 N–H and O–H groups in total. The molecular weight excluding hydrogens is 442 g/mol. The van der Waals surface area contributed by atoms with E-state index in [1.807, 2.05) is 30.3 Å². The molecule has 0 saturated heterocycles. The number of carboxylic acids is 1. The molecule has 0 heterocycles. The van der Waals surface area contributed by atoms with Crippen LogP contribution in [-0.2, 0) is 30.4 Å². The number of primary amides is 1. The monoisotopic (exact) mass is 477 g/mol. The van der Waals surface area contributed by atoms with Crippen molar-refractivity contribution in [3.8, 4) is 0 Å². The van der Waals surface area contributed by atoms with Gasteiger partial charge in [0.05, 0.1) is 6.04 Å². The Hall–Kier alpha value is -3.47. The third kappa shape index (κ3) is 10.4. The number of hydrogen-bond acceptors (Lipinski definition) is 6. The zero-order valence-electron chi connectivity index (χ0n) is 19.7. The molecule has 0 bridgehead atoms. The van der Waals surface area contributed by atoms with Gasteiger partial charge in [-0.2, -0.15) is 0 Å². The van der Waals surface area contributed by atoms with E-state index < -0.39 is 53.8 Å². The fourth-order valence-electron chi connectivity index (χ4n) is 3.16. The quantitative estimate of drug-likeness (QED) is 0.206. The van der Waals surface area contributed by atoms with Crippen LogP contribution >= 0.6 is 0 Å².